The Kier molecular flexibility index (Phi) is 4.29. The van der Waals surface area contributed by atoms with Crippen molar-refractivity contribution in [2.24, 2.45) is 0 Å². The molecule has 1 N–H and O–H groups in total. The Morgan fingerprint density at radius 2 is 1.89 bits per heavy atom. The molecule has 2 heterocycles. The number of aromatic nitrogens is 1. The lowest BCUT2D eigenvalue weighted by atomic mass is 9.70. The summed E-state index contributed by atoms with van der Waals surface area (Å²) in [5, 5.41) is 21.0. The first-order valence-electron chi connectivity index (χ1n) is 9.49. The maximum Gasteiger partial charge on any atom is 0.173 e. The summed E-state index contributed by atoms with van der Waals surface area (Å²) in [6.45, 7) is 4.57. The highest BCUT2D eigenvalue weighted by atomic mass is 19.1. The van der Waals surface area contributed by atoms with Gasteiger partial charge in [-0.3, -0.25) is 9.88 Å². The lowest BCUT2D eigenvalue weighted by Crippen LogP contribution is -2.69. The largest absolute Gasteiger partial charge is 0.377 e. The van der Waals surface area contributed by atoms with Crippen molar-refractivity contribution in [3.63, 3.8) is 0 Å². The summed E-state index contributed by atoms with van der Waals surface area (Å²) in [5.74, 6) is 0.351. The van der Waals surface area contributed by atoms with E-state index in [9.17, 15) is 10.4 Å². The van der Waals surface area contributed by atoms with Crippen LogP contribution >= 0.6 is 0 Å². The van der Waals surface area contributed by atoms with Gasteiger partial charge in [-0.2, -0.15) is 5.26 Å². The number of nitriles is 1. The molecule has 1 atom stereocenters. The minimum atomic E-state index is -1.84. The number of alkyl halides is 1. The van der Waals surface area contributed by atoms with E-state index in [4.69, 9.17) is 0 Å². The number of pyridine rings is 1. The summed E-state index contributed by atoms with van der Waals surface area (Å²) < 4.78 is 16.1. The van der Waals surface area contributed by atoms with Gasteiger partial charge in [0.2, 0.25) is 0 Å². The second-order valence-corrected chi connectivity index (χ2v) is 8.16. The van der Waals surface area contributed by atoms with Crippen LogP contribution in [0.1, 0.15) is 54.9 Å². The minimum Gasteiger partial charge on any atom is -0.377 e. The number of hydrogen-bond acceptors (Lipinski definition) is 4. The standard InChI is InChI=1S/C22H24FN3O/c1-15(2)17-3-5-18(6-4-17)22(27,19-9-16(10-24)11-25-12-19)21(23)13-26(14-21)20-7-8-20/h3-6,9,11-12,15,20,27H,7-8,13-14H2,1-2H3. The van der Waals surface area contributed by atoms with Crippen molar-refractivity contribution in [2.75, 3.05) is 13.1 Å². The molecule has 27 heavy (non-hydrogen) atoms. The van der Waals surface area contributed by atoms with Crippen LogP contribution in [0.25, 0.3) is 0 Å². The van der Waals surface area contributed by atoms with Crippen LogP contribution in [0.15, 0.2) is 42.7 Å². The van der Waals surface area contributed by atoms with E-state index in [1.807, 2.05) is 18.2 Å². The third-order valence-electron chi connectivity index (χ3n) is 5.90. The number of aliphatic hydroxyl groups is 1. The van der Waals surface area contributed by atoms with Crippen molar-refractivity contribution < 1.29 is 9.50 Å². The number of nitrogens with zero attached hydrogens (tertiary/aromatic N) is 3. The Hall–Kier alpha value is -2.29. The monoisotopic (exact) mass is 365 g/mol. The number of benzene rings is 1. The molecule has 1 aromatic carbocycles. The molecule has 0 radical (unpaired) electrons. The van der Waals surface area contributed by atoms with Gasteiger partial charge in [-0.15, -0.1) is 0 Å². The molecule has 1 aliphatic carbocycles. The molecule has 140 valence electrons. The maximum absolute atomic E-state index is 16.1. The number of rotatable bonds is 5. The second-order valence-electron chi connectivity index (χ2n) is 8.16. The van der Waals surface area contributed by atoms with E-state index < -0.39 is 11.3 Å². The van der Waals surface area contributed by atoms with Crippen molar-refractivity contribution in [1.82, 2.24) is 9.88 Å². The van der Waals surface area contributed by atoms with E-state index >= 15 is 4.39 Å². The summed E-state index contributed by atoms with van der Waals surface area (Å²) in [6, 6.07) is 11.5. The van der Waals surface area contributed by atoms with Crippen LogP contribution < -0.4 is 0 Å². The molecule has 1 aromatic heterocycles. The van der Waals surface area contributed by atoms with Gasteiger partial charge in [0, 0.05) is 37.1 Å². The Morgan fingerprint density at radius 1 is 1.22 bits per heavy atom. The minimum absolute atomic E-state index is 0.191. The van der Waals surface area contributed by atoms with Gasteiger partial charge in [0.1, 0.15) is 6.07 Å². The van der Waals surface area contributed by atoms with Crippen LogP contribution in [-0.4, -0.2) is 39.8 Å². The Morgan fingerprint density at radius 3 is 2.44 bits per heavy atom. The maximum atomic E-state index is 16.1. The summed E-state index contributed by atoms with van der Waals surface area (Å²) in [7, 11) is 0. The second kappa shape index (κ2) is 6.40. The van der Waals surface area contributed by atoms with Gasteiger partial charge in [0.05, 0.1) is 5.56 Å². The summed E-state index contributed by atoms with van der Waals surface area (Å²) in [5.41, 5.74) is -1.38. The van der Waals surface area contributed by atoms with Crippen LogP contribution in [0.4, 0.5) is 4.39 Å². The first-order chi connectivity index (χ1) is 12.9. The number of likely N-dealkylation sites (tertiary alicyclic amines) is 1. The third-order valence-corrected chi connectivity index (χ3v) is 5.90. The fourth-order valence-corrected chi connectivity index (χ4v) is 4.02. The quantitative estimate of drug-likeness (QED) is 0.881. The molecular weight excluding hydrogens is 341 g/mol. The average molecular weight is 365 g/mol. The van der Waals surface area contributed by atoms with E-state index in [1.54, 1.807) is 18.2 Å². The van der Waals surface area contributed by atoms with Crippen LogP contribution in [0.3, 0.4) is 0 Å². The predicted octanol–water partition coefficient (Wildman–Crippen LogP) is 3.50. The zero-order valence-corrected chi connectivity index (χ0v) is 15.7. The lowest BCUT2D eigenvalue weighted by molar-refractivity contribution is -0.163. The number of hydrogen-bond donors (Lipinski definition) is 1. The van der Waals surface area contributed by atoms with Crippen molar-refractivity contribution in [2.45, 2.75) is 49.9 Å². The molecule has 2 aromatic rings. The first kappa shape index (κ1) is 18.1. The van der Waals surface area contributed by atoms with Crippen LogP contribution in [0, 0.1) is 11.3 Å². The summed E-state index contributed by atoms with van der Waals surface area (Å²) >= 11 is 0. The smallest absolute Gasteiger partial charge is 0.173 e. The normalized spacial score (nSPS) is 21.3. The molecule has 1 unspecified atom stereocenters. The van der Waals surface area contributed by atoms with Gasteiger partial charge in [0.15, 0.2) is 11.3 Å². The Balaban J connectivity index is 1.78. The first-order valence-corrected chi connectivity index (χ1v) is 9.49. The van der Waals surface area contributed by atoms with Gasteiger partial charge in [-0.1, -0.05) is 38.1 Å². The SMILES string of the molecule is CC(C)c1ccc(C(O)(c2cncc(C#N)c2)C2(F)CN(C3CC3)C2)cc1. The molecule has 1 aliphatic heterocycles. The van der Waals surface area contributed by atoms with Gasteiger partial charge >= 0.3 is 0 Å². The fourth-order valence-electron chi connectivity index (χ4n) is 4.02. The molecule has 5 heteroatoms. The van der Waals surface area contributed by atoms with Crippen LogP contribution in [-0.2, 0) is 5.60 Å². The topological polar surface area (TPSA) is 60.2 Å². The third kappa shape index (κ3) is 2.93. The van der Waals surface area contributed by atoms with Crippen molar-refractivity contribution in [3.05, 3.63) is 65.0 Å². The summed E-state index contributed by atoms with van der Waals surface area (Å²) in [6.07, 6.45) is 5.10. The zero-order chi connectivity index (χ0) is 19.2. The van der Waals surface area contributed by atoms with E-state index in [0.29, 0.717) is 28.7 Å². The molecule has 1 saturated heterocycles. The zero-order valence-electron chi connectivity index (χ0n) is 15.7. The van der Waals surface area contributed by atoms with Gasteiger partial charge < -0.3 is 5.11 Å². The van der Waals surface area contributed by atoms with Crippen LogP contribution in [0.2, 0.25) is 0 Å². The van der Waals surface area contributed by atoms with E-state index in [1.165, 1.54) is 12.4 Å². The number of halogens is 1. The summed E-state index contributed by atoms with van der Waals surface area (Å²) in [4.78, 5) is 6.16. The van der Waals surface area contributed by atoms with E-state index in [2.05, 4.69) is 23.7 Å². The molecular formula is C22H24FN3O. The van der Waals surface area contributed by atoms with E-state index in [0.717, 1.165) is 18.4 Å². The average Bonchev–Trinajstić information content (AvgIpc) is 3.49. The van der Waals surface area contributed by atoms with Crippen LogP contribution in [0.5, 0.6) is 0 Å². The molecule has 0 spiro atoms. The molecule has 0 bridgehead atoms. The molecule has 1 saturated carbocycles. The highest BCUT2D eigenvalue weighted by Gasteiger charge is 2.62. The predicted molar refractivity (Wildman–Crippen MR) is 101 cm³/mol. The molecule has 2 aliphatic rings. The van der Waals surface area contributed by atoms with Gasteiger partial charge in [-0.05, 0) is 36.0 Å². The molecule has 0 amide bonds. The van der Waals surface area contributed by atoms with Crippen molar-refractivity contribution in [3.8, 4) is 6.07 Å². The highest BCUT2D eigenvalue weighted by molar-refractivity contribution is 5.44. The Bertz CT molecular complexity index is 879. The molecule has 4 nitrogen and oxygen atoms in total. The van der Waals surface area contributed by atoms with Crippen molar-refractivity contribution >= 4 is 0 Å². The van der Waals surface area contributed by atoms with Crippen molar-refractivity contribution in [1.29, 1.82) is 5.26 Å². The lowest BCUT2D eigenvalue weighted by Gasteiger charge is -2.53. The highest BCUT2D eigenvalue weighted by Crippen LogP contribution is 2.49. The molecule has 2 fully saturated rings. The van der Waals surface area contributed by atoms with Gasteiger partial charge in [0.25, 0.3) is 0 Å². The Labute approximate surface area is 159 Å². The van der Waals surface area contributed by atoms with Gasteiger partial charge in [-0.25, -0.2) is 4.39 Å². The molecule has 4 rings (SSSR count). The van der Waals surface area contributed by atoms with E-state index in [-0.39, 0.29) is 13.1 Å². The fraction of sp³-hybridized carbons (Fsp3) is 0.455.